The number of fused-ring (bicyclic) bond motifs is 1. The maximum atomic E-state index is 11.3. The van der Waals surface area contributed by atoms with Gasteiger partial charge in [0.25, 0.3) is 0 Å². The fourth-order valence-electron chi connectivity index (χ4n) is 1.28. The van der Waals surface area contributed by atoms with Crippen molar-refractivity contribution >= 4 is 22.9 Å². The normalized spacial score (nSPS) is 9.82. The molecule has 0 saturated heterocycles. The molecule has 86 valence electrons. The second-order valence-electron chi connectivity index (χ2n) is 3.16. The first-order valence-electron chi connectivity index (χ1n) is 4.89. The second kappa shape index (κ2) is 4.94. The summed E-state index contributed by atoms with van der Waals surface area (Å²) >= 11 is 0. The van der Waals surface area contributed by atoms with E-state index in [0.29, 0.717) is 17.0 Å². The van der Waals surface area contributed by atoms with E-state index in [1.807, 2.05) is 0 Å². The van der Waals surface area contributed by atoms with Gasteiger partial charge in [-0.1, -0.05) is 5.92 Å². The third kappa shape index (κ3) is 2.49. The molecule has 0 atom stereocenters. The molecule has 0 aliphatic rings. The van der Waals surface area contributed by atoms with Crippen molar-refractivity contribution in [2.24, 2.45) is 0 Å². The van der Waals surface area contributed by atoms with Crippen LogP contribution in [0.15, 0.2) is 12.7 Å². The maximum absolute atomic E-state index is 11.3. The predicted octanol–water partition coefficient (Wildman–Crippen LogP) is -0.486. The summed E-state index contributed by atoms with van der Waals surface area (Å²) in [5.74, 6) is 2.65. The van der Waals surface area contributed by atoms with Crippen LogP contribution in [0.25, 0.3) is 11.2 Å². The van der Waals surface area contributed by atoms with Crippen molar-refractivity contribution in [1.82, 2.24) is 25.3 Å². The summed E-state index contributed by atoms with van der Waals surface area (Å²) in [5.41, 5.74) is 1.21. The highest BCUT2D eigenvalue weighted by atomic mass is 16.1. The molecule has 0 unspecified atom stereocenters. The second-order valence-corrected chi connectivity index (χ2v) is 3.16. The van der Waals surface area contributed by atoms with Gasteiger partial charge >= 0.3 is 0 Å². The molecule has 2 rings (SSSR count). The van der Waals surface area contributed by atoms with Crippen molar-refractivity contribution in [1.29, 1.82) is 0 Å². The predicted molar refractivity (Wildman–Crippen MR) is 62.0 cm³/mol. The van der Waals surface area contributed by atoms with Crippen LogP contribution < -0.4 is 10.6 Å². The van der Waals surface area contributed by atoms with E-state index in [0.717, 1.165) is 0 Å². The van der Waals surface area contributed by atoms with Crippen LogP contribution in [0.1, 0.15) is 0 Å². The molecule has 0 radical (unpaired) electrons. The molecule has 7 nitrogen and oxygen atoms in total. The minimum Gasteiger partial charge on any atom is -0.359 e. The zero-order valence-corrected chi connectivity index (χ0v) is 8.90. The minimum atomic E-state index is -0.200. The fourth-order valence-corrected chi connectivity index (χ4v) is 1.28. The molecule has 0 aliphatic carbocycles. The van der Waals surface area contributed by atoms with E-state index in [2.05, 4.69) is 36.5 Å². The molecule has 0 aliphatic heterocycles. The number of terminal acetylenes is 1. The third-order valence-corrected chi connectivity index (χ3v) is 2.03. The van der Waals surface area contributed by atoms with Gasteiger partial charge in [0.15, 0.2) is 11.5 Å². The van der Waals surface area contributed by atoms with Crippen LogP contribution in [0.3, 0.4) is 0 Å². The number of hydrogen-bond acceptors (Lipinski definition) is 5. The van der Waals surface area contributed by atoms with Gasteiger partial charge in [-0.05, 0) is 0 Å². The van der Waals surface area contributed by atoms with E-state index in [9.17, 15) is 4.79 Å². The van der Waals surface area contributed by atoms with E-state index in [-0.39, 0.29) is 19.0 Å². The van der Waals surface area contributed by atoms with E-state index in [1.54, 1.807) is 0 Å². The minimum absolute atomic E-state index is 0.0901. The average Bonchev–Trinajstić information content (AvgIpc) is 2.82. The summed E-state index contributed by atoms with van der Waals surface area (Å²) in [4.78, 5) is 26.2. The maximum Gasteiger partial charge on any atom is 0.240 e. The van der Waals surface area contributed by atoms with Crippen LogP contribution in [0, 0.1) is 12.3 Å². The molecule has 0 aromatic carbocycles. The lowest BCUT2D eigenvalue weighted by atomic mass is 10.4. The lowest BCUT2D eigenvalue weighted by Gasteiger charge is -2.05. The molecule has 2 aromatic heterocycles. The van der Waals surface area contributed by atoms with Gasteiger partial charge in [-0.15, -0.1) is 6.42 Å². The number of aromatic nitrogens is 4. The fraction of sp³-hybridized carbons (Fsp3) is 0.200. The van der Waals surface area contributed by atoms with Crippen LogP contribution in [0.5, 0.6) is 0 Å². The van der Waals surface area contributed by atoms with Gasteiger partial charge in [-0.2, -0.15) is 0 Å². The van der Waals surface area contributed by atoms with Crippen molar-refractivity contribution in [2.75, 3.05) is 18.4 Å². The number of rotatable bonds is 4. The number of nitrogens with one attached hydrogen (secondary N) is 3. The Balaban J connectivity index is 2.02. The number of H-pyrrole nitrogens is 1. The first-order chi connectivity index (χ1) is 8.31. The molecule has 0 bridgehead atoms. The highest BCUT2D eigenvalue weighted by molar-refractivity contribution is 5.86. The molecule has 7 heteroatoms. The number of aromatic amines is 1. The summed E-state index contributed by atoms with van der Waals surface area (Å²) < 4.78 is 0. The van der Waals surface area contributed by atoms with Crippen molar-refractivity contribution < 1.29 is 4.79 Å². The summed E-state index contributed by atoms with van der Waals surface area (Å²) in [6.07, 6.45) is 7.92. The molecular weight excluding hydrogens is 220 g/mol. The van der Waals surface area contributed by atoms with Gasteiger partial charge in [-0.3, -0.25) is 4.79 Å². The van der Waals surface area contributed by atoms with Crippen molar-refractivity contribution in [3.8, 4) is 12.3 Å². The van der Waals surface area contributed by atoms with Crippen molar-refractivity contribution in [2.45, 2.75) is 0 Å². The Morgan fingerprint density at radius 3 is 3.18 bits per heavy atom. The third-order valence-electron chi connectivity index (χ3n) is 2.03. The van der Waals surface area contributed by atoms with Gasteiger partial charge in [0.1, 0.15) is 11.8 Å². The summed E-state index contributed by atoms with van der Waals surface area (Å²) in [6, 6.07) is 0. The monoisotopic (exact) mass is 230 g/mol. The average molecular weight is 230 g/mol. The zero-order valence-electron chi connectivity index (χ0n) is 8.90. The topological polar surface area (TPSA) is 95.6 Å². The Morgan fingerprint density at radius 2 is 2.35 bits per heavy atom. The number of amides is 1. The van der Waals surface area contributed by atoms with Gasteiger partial charge < -0.3 is 15.6 Å². The first kappa shape index (κ1) is 10.9. The molecule has 3 N–H and O–H groups in total. The Morgan fingerprint density at radius 1 is 1.47 bits per heavy atom. The number of nitrogens with zero attached hydrogens (tertiary/aromatic N) is 3. The summed E-state index contributed by atoms with van der Waals surface area (Å²) in [5, 5.41) is 5.42. The number of anilines is 1. The number of hydrogen-bond donors (Lipinski definition) is 3. The van der Waals surface area contributed by atoms with Crippen molar-refractivity contribution in [3.05, 3.63) is 12.7 Å². The van der Waals surface area contributed by atoms with Crippen LogP contribution in [0.4, 0.5) is 5.82 Å². The van der Waals surface area contributed by atoms with E-state index < -0.39 is 0 Å². The van der Waals surface area contributed by atoms with Gasteiger partial charge in [0.2, 0.25) is 5.91 Å². The van der Waals surface area contributed by atoms with Gasteiger partial charge in [0.05, 0.1) is 19.4 Å². The molecule has 0 spiro atoms. The Hall–Kier alpha value is -2.62. The summed E-state index contributed by atoms with van der Waals surface area (Å²) in [7, 11) is 0. The molecule has 1 amide bonds. The highest BCUT2D eigenvalue weighted by Crippen LogP contribution is 2.13. The van der Waals surface area contributed by atoms with Crippen molar-refractivity contribution in [3.63, 3.8) is 0 Å². The van der Waals surface area contributed by atoms with E-state index >= 15 is 0 Å². The molecule has 0 saturated carbocycles. The van der Waals surface area contributed by atoms with E-state index in [4.69, 9.17) is 6.42 Å². The van der Waals surface area contributed by atoms with Crippen LogP contribution >= 0.6 is 0 Å². The first-order valence-corrected chi connectivity index (χ1v) is 4.89. The Kier molecular flexibility index (Phi) is 3.16. The summed E-state index contributed by atoms with van der Waals surface area (Å²) in [6.45, 7) is 0.302. The van der Waals surface area contributed by atoms with Gasteiger partial charge in [0, 0.05) is 0 Å². The smallest absolute Gasteiger partial charge is 0.240 e. The standard InChI is InChI=1S/C10H10N6O/c1-2-3-11-7(17)4-12-9-8-10(14-5-13-8)16-6-15-9/h1,5-6H,3-4H2,(H,11,17)(H2,12,13,14,15,16). The van der Waals surface area contributed by atoms with Crippen LogP contribution in [0.2, 0.25) is 0 Å². The zero-order chi connectivity index (χ0) is 12.1. The SMILES string of the molecule is C#CCNC(=O)CNc1ncnc2nc[nH]c12. The lowest BCUT2D eigenvalue weighted by Crippen LogP contribution is -2.30. The molecule has 2 heterocycles. The lowest BCUT2D eigenvalue weighted by molar-refractivity contribution is -0.119. The quantitative estimate of drug-likeness (QED) is 0.616. The number of imidazole rings is 1. The molecule has 0 fully saturated rings. The molecule has 2 aromatic rings. The molecule has 17 heavy (non-hydrogen) atoms. The van der Waals surface area contributed by atoms with Crippen LogP contribution in [-0.2, 0) is 4.79 Å². The van der Waals surface area contributed by atoms with Crippen LogP contribution in [-0.4, -0.2) is 38.9 Å². The Labute approximate surface area is 97.1 Å². The Bertz CT molecular complexity index is 569. The number of carbonyl (C=O) groups excluding carboxylic acids is 1. The number of carbonyl (C=O) groups is 1. The molecular formula is C10H10N6O. The largest absolute Gasteiger partial charge is 0.359 e. The van der Waals surface area contributed by atoms with E-state index in [1.165, 1.54) is 12.7 Å². The van der Waals surface area contributed by atoms with Gasteiger partial charge in [-0.25, -0.2) is 15.0 Å². The highest BCUT2D eigenvalue weighted by Gasteiger charge is 2.06.